The molecule has 0 aromatic heterocycles. The molecule has 4 nitrogen and oxygen atoms in total. The number of carbonyl (C=O) groups is 1. The van der Waals surface area contributed by atoms with Gasteiger partial charge in [0.2, 0.25) is 5.91 Å². The van der Waals surface area contributed by atoms with Crippen molar-refractivity contribution in [3.05, 3.63) is 35.4 Å². The summed E-state index contributed by atoms with van der Waals surface area (Å²) in [6.07, 6.45) is 0.255. The van der Waals surface area contributed by atoms with Gasteiger partial charge < -0.3 is 15.7 Å². The van der Waals surface area contributed by atoms with E-state index >= 15 is 0 Å². The Morgan fingerprint density at radius 2 is 2.10 bits per heavy atom. The Morgan fingerprint density at radius 1 is 1.45 bits per heavy atom. The van der Waals surface area contributed by atoms with Crippen molar-refractivity contribution in [2.75, 3.05) is 13.1 Å². The topological polar surface area (TPSA) is 61.4 Å². The fourth-order valence-corrected chi connectivity index (χ4v) is 2.16. The van der Waals surface area contributed by atoms with Crippen LogP contribution in [0.2, 0.25) is 0 Å². The second-order valence-corrected chi connectivity index (χ2v) is 4.55. The maximum Gasteiger partial charge on any atom is 0.237 e. The smallest absolute Gasteiger partial charge is 0.237 e. The first-order valence-corrected chi connectivity index (χ1v) is 6.22. The van der Waals surface area contributed by atoms with Gasteiger partial charge in [0.25, 0.3) is 0 Å². The Bertz CT molecular complexity index is 447. The Kier molecular flexibility index (Phi) is 6.32. The first-order valence-electron chi connectivity index (χ1n) is 6.22. The van der Waals surface area contributed by atoms with Gasteiger partial charge in [-0.15, -0.1) is 12.4 Å². The molecule has 0 saturated carbocycles. The highest BCUT2D eigenvalue weighted by Crippen LogP contribution is 2.20. The van der Waals surface area contributed by atoms with Gasteiger partial charge in [-0.2, -0.15) is 0 Å². The molecule has 1 aliphatic heterocycles. The van der Waals surface area contributed by atoms with Crippen LogP contribution in [0.5, 0.6) is 0 Å². The molecule has 0 radical (unpaired) electrons. The summed E-state index contributed by atoms with van der Waals surface area (Å²) >= 11 is 0. The molecule has 20 heavy (non-hydrogen) atoms. The fraction of sp³-hybridized carbons (Fsp3) is 0.462. The SMILES string of the molecule is Cl.O=C(NCC(O)c1c(F)cccc1F)C1CCCN1. The highest BCUT2D eigenvalue weighted by Gasteiger charge is 2.23. The predicted molar refractivity (Wildman–Crippen MR) is 72.6 cm³/mol. The summed E-state index contributed by atoms with van der Waals surface area (Å²) in [5.41, 5.74) is -0.415. The number of nitrogens with one attached hydrogen (secondary N) is 2. The van der Waals surface area contributed by atoms with Gasteiger partial charge in [-0.1, -0.05) is 6.07 Å². The zero-order valence-corrected chi connectivity index (χ0v) is 11.6. The number of carbonyl (C=O) groups excluding carboxylic acids is 1. The molecule has 112 valence electrons. The molecule has 1 aromatic rings. The van der Waals surface area contributed by atoms with Crippen LogP contribution in [0, 0.1) is 11.6 Å². The third kappa shape index (κ3) is 3.88. The van der Waals surface area contributed by atoms with Gasteiger partial charge in [0.05, 0.1) is 11.6 Å². The Labute approximate surface area is 122 Å². The van der Waals surface area contributed by atoms with Crippen molar-refractivity contribution in [3.63, 3.8) is 0 Å². The molecule has 1 amide bonds. The molecule has 7 heteroatoms. The van der Waals surface area contributed by atoms with Gasteiger partial charge in [0.1, 0.15) is 17.7 Å². The Balaban J connectivity index is 0.00000200. The highest BCUT2D eigenvalue weighted by atomic mass is 35.5. The molecule has 3 N–H and O–H groups in total. The van der Waals surface area contributed by atoms with Gasteiger partial charge in [-0.3, -0.25) is 4.79 Å². The summed E-state index contributed by atoms with van der Waals surface area (Å²) < 4.78 is 26.8. The quantitative estimate of drug-likeness (QED) is 0.785. The van der Waals surface area contributed by atoms with Crippen LogP contribution in [-0.4, -0.2) is 30.1 Å². The standard InChI is InChI=1S/C13H16F2N2O2.ClH/c14-8-3-1-4-9(15)12(8)11(18)7-17-13(19)10-5-2-6-16-10;/h1,3-4,10-11,16,18H,2,5-7H2,(H,17,19);1H. The van der Waals surface area contributed by atoms with Crippen molar-refractivity contribution in [2.24, 2.45) is 0 Å². The highest BCUT2D eigenvalue weighted by molar-refractivity contribution is 5.85. The lowest BCUT2D eigenvalue weighted by Gasteiger charge is -2.16. The summed E-state index contributed by atoms with van der Waals surface area (Å²) in [4.78, 5) is 11.7. The maximum absolute atomic E-state index is 13.4. The van der Waals surface area contributed by atoms with Gasteiger partial charge in [-0.05, 0) is 31.5 Å². The van der Waals surface area contributed by atoms with E-state index in [1.807, 2.05) is 0 Å². The molecule has 2 unspecified atom stereocenters. The molecule has 1 saturated heterocycles. The lowest BCUT2D eigenvalue weighted by molar-refractivity contribution is -0.123. The normalized spacial score (nSPS) is 19.2. The largest absolute Gasteiger partial charge is 0.386 e. The average molecular weight is 307 g/mol. The minimum atomic E-state index is -1.40. The number of rotatable bonds is 4. The summed E-state index contributed by atoms with van der Waals surface area (Å²) in [6, 6.07) is 3.09. The average Bonchev–Trinajstić information content (AvgIpc) is 2.89. The van der Waals surface area contributed by atoms with Crippen LogP contribution in [0.1, 0.15) is 24.5 Å². The Morgan fingerprint density at radius 3 is 2.65 bits per heavy atom. The second-order valence-electron chi connectivity index (χ2n) is 4.55. The molecule has 0 aliphatic carbocycles. The zero-order chi connectivity index (χ0) is 13.8. The summed E-state index contributed by atoms with van der Waals surface area (Å²) in [6.45, 7) is 0.567. The molecule has 2 atom stereocenters. The van der Waals surface area contributed by atoms with E-state index < -0.39 is 23.3 Å². The third-order valence-electron chi connectivity index (χ3n) is 3.18. The number of amides is 1. The first-order chi connectivity index (χ1) is 9.09. The first kappa shape index (κ1) is 16.8. The van der Waals surface area contributed by atoms with Gasteiger partial charge in [0, 0.05) is 6.54 Å². The minimum Gasteiger partial charge on any atom is -0.386 e. The van der Waals surface area contributed by atoms with E-state index in [1.165, 1.54) is 6.07 Å². The number of hydrogen-bond acceptors (Lipinski definition) is 3. The van der Waals surface area contributed by atoms with Gasteiger partial charge in [-0.25, -0.2) is 8.78 Å². The molecule has 2 rings (SSSR count). The molecule has 0 bridgehead atoms. The lowest BCUT2D eigenvalue weighted by atomic mass is 10.1. The van der Waals surface area contributed by atoms with Crippen molar-refractivity contribution >= 4 is 18.3 Å². The minimum absolute atomic E-state index is 0. The van der Waals surface area contributed by atoms with Crippen LogP contribution >= 0.6 is 12.4 Å². The van der Waals surface area contributed by atoms with Crippen molar-refractivity contribution < 1.29 is 18.7 Å². The maximum atomic E-state index is 13.4. The summed E-state index contributed by atoms with van der Waals surface area (Å²) in [5.74, 6) is -1.89. The van der Waals surface area contributed by atoms with Crippen LogP contribution < -0.4 is 10.6 Å². The van der Waals surface area contributed by atoms with E-state index in [4.69, 9.17) is 0 Å². The fourth-order valence-electron chi connectivity index (χ4n) is 2.16. The van der Waals surface area contributed by atoms with Crippen molar-refractivity contribution in [1.82, 2.24) is 10.6 Å². The van der Waals surface area contributed by atoms with Crippen LogP contribution in [0.3, 0.4) is 0 Å². The molecule has 0 spiro atoms. The van der Waals surface area contributed by atoms with E-state index in [-0.39, 0.29) is 30.9 Å². The molecular weight excluding hydrogens is 290 g/mol. The number of aliphatic hydroxyl groups excluding tert-OH is 1. The lowest BCUT2D eigenvalue weighted by Crippen LogP contribution is -2.42. The van der Waals surface area contributed by atoms with E-state index in [2.05, 4.69) is 10.6 Å². The van der Waals surface area contributed by atoms with Crippen molar-refractivity contribution in [1.29, 1.82) is 0 Å². The molecular formula is C13H17ClF2N2O2. The summed E-state index contributed by atoms with van der Waals surface area (Å²) in [7, 11) is 0. The zero-order valence-electron chi connectivity index (χ0n) is 10.7. The number of benzene rings is 1. The van der Waals surface area contributed by atoms with Crippen LogP contribution in [0.15, 0.2) is 18.2 Å². The van der Waals surface area contributed by atoms with E-state index in [1.54, 1.807) is 0 Å². The third-order valence-corrected chi connectivity index (χ3v) is 3.18. The Hall–Kier alpha value is -1.24. The molecule has 1 aliphatic rings. The van der Waals surface area contributed by atoms with Crippen LogP contribution in [-0.2, 0) is 4.79 Å². The molecule has 1 aromatic carbocycles. The van der Waals surface area contributed by atoms with Crippen molar-refractivity contribution in [3.8, 4) is 0 Å². The van der Waals surface area contributed by atoms with Crippen molar-refractivity contribution in [2.45, 2.75) is 25.0 Å². The monoisotopic (exact) mass is 306 g/mol. The van der Waals surface area contributed by atoms with Crippen LogP contribution in [0.4, 0.5) is 8.78 Å². The number of hydrogen-bond donors (Lipinski definition) is 3. The van der Waals surface area contributed by atoms with E-state index in [0.717, 1.165) is 31.5 Å². The van der Waals surface area contributed by atoms with Gasteiger partial charge in [0.15, 0.2) is 0 Å². The number of halogens is 3. The summed E-state index contributed by atoms with van der Waals surface area (Å²) in [5, 5.41) is 15.3. The molecule has 1 heterocycles. The van der Waals surface area contributed by atoms with Gasteiger partial charge >= 0.3 is 0 Å². The molecule has 1 fully saturated rings. The van der Waals surface area contributed by atoms with E-state index in [9.17, 15) is 18.7 Å². The van der Waals surface area contributed by atoms with E-state index in [0.29, 0.717) is 0 Å². The predicted octanol–water partition coefficient (Wildman–Crippen LogP) is 1.29. The number of aliphatic hydroxyl groups is 1. The van der Waals surface area contributed by atoms with Crippen LogP contribution in [0.25, 0.3) is 0 Å². The second kappa shape index (κ2) is 7.52.